The van der Waals surface area contributed by atoms with Crippen molar-refractivity contribution in [3.63, 3.8) is 0 Å². The average Bonchev–Trinajstić information content (AvgIpc) is 2.07. The van der Waals surface area contributed by atoms with Gasteiger partial charge in [0.25, 0.3) is 0 Å². The number of H-pyrrole nitrogens is 1. The molecule has 1 saturated heterocycles. The molecule has 0 bridgehead atoms. The van der Waals surface area contributed by atoms with E-state index in [1.165, 1.54) is 29.9 Å². The molecule has 60 valence electrons. The fourth-order valence-electron chi connectivity index (χ4n) is 1.66. The minimum absolute atomic E-state index is 0.625. The summed E-state index contributed by atoms with van der Waals surface area (Å²) in [6.45, 7) is 5.42. The molecule has 2 nitrogen and oxygen atoms in total. The molecule has 11 heavy (non-hydrogen) atoms. The molecule has 0 amide bonds. The predicted molar refractivity (Wildman–Crippen MR) is 45.6 cm³/mol. The lowest BCUT2D eigenvalue weighted by Gasteiger charge is -2.27. The maximum atomic E-state index is 3.40. The topological polar surface area (TPSA) is 27.8 Å². The first-order valence-corrected chi connectivity index (χ1v) is 4.17. The molecule has 2 N–H and O–H groups in total. The van der Waals surface area contributed by atoms with Gasteiger partial charge in [-0.1, -0.05) is 0 Å². The van der Waals surface area contributed by atoms with Gasteiger partial charge in [0, 0.05) is 17.4 Å². The third kappa shape index (κ3) is 1.07. The van der Waals surface area contributed by atoms with Crippen molar-refractivity contribution in [3.05, 3.63) is 23.0 Å². The molecule has 1 fully saturated rings. The lowest BCUT2D eigenvalue weighted by molar-refractivity contribution is 0.382. The third-order valence-electron chi connectivity index (χ3n) is 2.39. The van der Waals surface area contributed by atoms with Gasteiger partial charge in [-0.2, -0.15) is 0 Å². The Kier molecular flexibility index (Phi) is 1.50. The highest BCUT2D eigenvalue weighted by molar-refractivity contribution is 5.28. The van der Waals surface area contributed by atoms with Gasteiger partial charge in [0.15, 0.2) is 0 Å². The van der Waals surface area contributed by atoms with E-state index in [0.717, 1.165) is 0 Å². The van der Waals surface area contributed by atoms with Crippen LogP contribution >= 0.6 is 0 Å². The van der Waals surface area contributed by atoms with Gasteiger partial charge in [-0.05, 0) is 38.4 Å². The summed E-state index contributed by atoms with van der Waals surface area (Å²) in [4.78, 5) is 3.32. The Hall–Kier alpha value is -0.760. The Balaban J connectivity index is 2.28. The van der Waals surface area contributed by atoms with E-state index in [1.54, 1.807) is 0 Å². The number of aromatic nitrogens is 1. The van der Waals surface area contributed by atoms with Crippen LogP contribution in [0.1, 0.15) is 29.4 Å². The first kappa shape index (κ1) is 6.92. The molecule has 0 saturated carbocycles. The molecule has 2 heterocycles. The molecular weight excluding hydrogens is 136 g/mol. The summed E-state index contributed by atoms with van der Waals surface area (Å²) in [5, 5.41) is 3.40. The van der Waals surface area contributed by atoms with Crippen LogP contribution in [0.5, 0.6) is 0 Å². The van der Waals surface area contributed by atoms with Crippen molar-refractivity contribution in [1.29, 1.82) is 0 Å². The van der Waals surface area contributed by atoms with E-state index in [9.17, 15) is 0 Å². The second-order valence-corrected chi connectivity index (χ2v) is 3.33. The molecule has 0 aliphatic carbocycles. The molecule has 1 unspecified atom stereocenters. The minimum Gasteiger partial charge on any atom is -0.362 e. The number of aromatic amines is 1. The SMILES string of the molecule is Cc1cc(C2CCN2)c(C)[nH]1. The van der Waals surface area contributed by atoms with Gasteiger partial charge in [0.1, 0.15) is 0 Å². The Bertz CT molecular complexity index is 259. The number of hydrogen-bond acceptors (Lipinski definition) is 1. The Morgan fingerprint density at radius 2 is 2.18 bits per heavy atom. The summed E-state index contributed by atoms with van der Waals surface area (Å²) >= 11 is 0. The summed E-state index contributed by atoms with van der Waals surface area (Å²) in [5.74, 6) is 0. The van der Waals surface area contributed by atoms with Crippen molar-refractivity contribution in [2.45, 2.75) is 26.3 Å². The van der Waals surface area contributed by atoms with Gasteiger partial charge >= 0.3 is 0 Å². The average molecular weight is 150 g/mol. The van der Waals surface area contributed by atoms with Crippen LogP contribution in [0.15, 0.2) is 6.07 Å². The zero-order valence-electron chi connectivity index (χ0n) is 7.07. The van der Waals surface area contributed by atoms with E-state index in [-0.39, 0.29) is 0 Å². The molecule has 1 atom stereocenters. The molecular formula is C9H14N2. The lowest BCUT2D eigenvalue weighted by atomic mass is 9.98. The summed E-state index contributed by atoms with van der Waals surface area (Å²) < 4.78 is 0. The summed E-state index contributed by atoms with van der Waals surface area (Å²) in [6.07, 6.45) is 1.29. The third-order valence-corrected chi connectivity index (χ3v) is 2.39. The van der Waals surface area contributed by atoms with E-state index < -0.39 is 0 Å². The van der Waals surface area contributed by atoms with Crippen molar-refractivity contribution < 1.29 is 0 Å². The van der Waals surface area contributed by atoms with Crippen molar-refractivity contribution in [1.82, 2.24) is 10.3 Å². The smallest absolute Gasteiger partial charge is 0.0350 e. The highest BCUT2D eigenvalue weighted by Crippen LogP contribution is 2.25. The number of rotatable bonds is 1. The summed E-state index contributed by atoms with van der Waals surface area (Å²) in [6, 6.07) is 2.87. The normalized spacial score (nSPS) is 23.3. The van der Waals surface area contributed by atoms with Crippen LogP contribution in [0.3, 0.4) is 0 Å². The largest absolute Gasteiger partial charge is 0.362 e. The zero-order valence-corrected chi connectivity index (χ0v) is 7.07. The molecule has 1 aromatic rings. The number of hydrogen-bond donors (Lipinski definition) is 2. The van der Waals surface area contributed by atoms with Crippen LogP contribution in [-0.2, 0) is 0 Å². The second-order valence-electron chi connectivity index (χ2n) is 3.33. The van der Waals surface area contributed by atoms with E-state index in [2.05, 4.69) is 30.2 Å². The van der Waals surface area contributed by atoms with Crippen LogP contribution in [0.2, 0.25) is 0 Å². The zero-order chi connectivity index (χ0) is 7.84. The van der Waals surface area contributed by atoms with Crippen molar-refractivity contribution in [2.24, 2.45) is 0 Å². The van der Waals surface area contributed by atoms with Crippen LogP contribution in [-0.4, -0.2) is 11.5 Å². The van der Waals surface area contributed by atoms with Crippen molar-refractivity contribution in [3.8, 4) is 0 Å². The standard InChI is InChI=1S/C9H14N2/c1-6-5-8(7(2)11-6)9-3-4-10-9/h5,9-11H,3-4H2,1-2H3. The van der Waals surface area contributed by atoms with Crippen LogP contribution in [0.25, 0.3) is 0 Å². The van der Waals surface area contributed by atoms with Gasteiger partial charge in [-0.15, -0.1) is 0 Å². The number of nitrogens with one attached hydrogen (secondary N) is 2. The first-order valence-electron chi connectivity index (χ1n) is 4.17. The first-order chi connectivity index (χ1) is 5.27. The van der Waals surface area contributed by atoms with E-state index in [4.69, 9.17) is 0 Å². The highest BCUT2D eigenvalue weighted by atomic mass is 15.0. The van der Waals surface area contributed by atoms with E-state index in [0.29, 0.717) is 6.04 Å². The quantitative estimate of drug-likeness (QED) is 0.626. The second kappa shape index (κ2) is 2.38. The Morgan fingerprint density at radius 3 is 2.55 bits per heavy atom. The number of aryl methyl sites for hydroxylation is 2. The van der Waals surface area contributed by atoms with Gasteiger partial charge in [-0.25, -0.2) is 0 Å². The monoisotopic (exact) mass is 150 g/mol. The van der Waals surface area contributed by atoms with Gasteiger partial charge in [-0.3, -0.25) is 0 Å². The summed E-state index contributed by atoms with van der Waals surface area (Å²) in [7, 11) is 0. The van der Waals surface area contributed by atoms with Crippen molar-refractivity contribution in [2.75, 3.05) is 6.54 Å². The molecule has 1 aliphatic heterocycles. The maximum Gasteiger partial charge on any atom is 0.0350 e. The van der Waals surface area contributed by atoms with Crippen LogP contribution in [0.4, 0.5) is 0 Å². The van der Waals surface area contributed by atoms with E-state index >= 15 is 0 Å². The molecule has 1 aromatic heterocycles. The highest BCUT2D eigenvalue weighted by Gasteiger charge is 2.20. The molecule has 2 heteroatoms. The van der Waals surface area contributed by atoms with Crippen molar-refractivity contribution >= 4 is 0 Å². The van der Waals surface area contributed by atoms with Gasteiger partial charge in [0.05, 0.1) is 0 Å². The lowest BCUT2D eigenvalue weighted by Crippen LogP contribution is -2.35. The minimum atomic E-state index is 0.625. The Morgan fingerprint density at radius 1 is 1.45 bits per heavy atom. The Labute approximate surface area is 67.0 Å². The van der Waals surface area contributed by atoms with Gasteiger partial charge in [0.2, 0.25) is 0 Å². The molecule has 0 radical (unpaired) electrons. The van der Waals surface area contributed by atoms with Crippen LogP contribution < -0.4 is 5.32 Å². The predicted octanol–water partition coefficient (Wildman–Crippen LogP) is 1.67. The molecule has 2 rings (SSSR count). The summed E-state index contributed by atoms with van der Waals surface area (Å²) in [5.41, 5.74) is 4.04. The molecule has 1 aliphatic rings. The fraction of sp³-hybridized carbons (Fsp3) is 0.556. The van der Waals surface area contributed by atoms with Gasteiger partial charge < -0.3 is 10.3 Å². The molecule has 0 aromatic carbocycles. The maximum absolute atomic E-state index is 3.40. The fourth-order valence-corrected chi connectivity index (χ4v) is 1.66. The van der Waals surface area contributed by atoms with E-state index in [1.807, 2.05) is 0 Å². The molecule has 0 spiro atoms. The van der Waals surface area contributed by atoms with Crippen LogP contribution in [0, 0.1) is 13.8 Å².